The van der Waals surface area contributed by atoms with Gasteiger partial charge in [0.25, 0.3) is 0 Å². The zero-order valence-corrected chi connectivity index (χ0v) is 10.7. The van der Waals surface area contributed by atoms with E-state index in [1.165, 1.54) is 19.2 Å². The standard InChI is InChI=1S/C11H8ClF3N2S/c1-5-7(11(13,14)15)2-6(3-8(5)16)9-4-17-10(12)18-9/h2-4H,16H2,1H3. The van der Waals surface area contributed by atoms with Crippen LogP contribution in [0.15, 0.2) is 18.3 Å². The van der Waals surface area contributed by atoms with Crippen molar-refractivity contribution in [3.05, 3.63) is 33.9 Å². The SMILES string of the molecule is Cc1c(N)cc(-c2cnc(Cl)s2)cc1C(F)(F)F. The molecular weight excluding hydrogens is 285 g/mol. The van der Waals surface area contributed by atoms with Crippen LogP contribution in [0.5, 0.6) is 0 Å². The number of nitrogens with two attached hydrogens (primary N) is 1. The number of aromatic nitrogens is 1. The number of rotatable bonds is 1. The van der Waals surface area contributed by atoms with Crippen LogP contribution in [0.3, 0.4) is 0 Å². The lowest BCUT2D eigenvalue weighted by Crippen LogP contribution is -2.09. The average molecular weight is 293 g/mol. The third-order valence-electron chi connectivity index (χ3n) is 2.52. The zero-order chi connectivity index (χ0) is 13.5. The highest BCUT2D eigenvalue weighted by atomic mass is 35.5. The van der Waals surface area contributed by atoms with E-state index in [4.69, 9.17) is 17.3 Å². The van der Waals surface area contributed by atoms with E-state index in [-0.39, 0.29) is 15.7 Å². The van der Waals surface area contributed by atoms with Gasteiger partial charge >= 0.3 is 6.18 Å². The molecular formula is C11H8ClF3N2S. The minimum atomic E-state index is -4.43. The number of anilines is 1. The fourth-order valence-corrected chi connectivity index (χ4v) is 2.49. The summed E-state index contributed by atoms with van der Waals surface area (Å²) in [6, 6.07) is 2.56. The molecule has 2 aromatic rings. The van der Waals surface area contributed by atoms with E-state index in [2.05, 4.69) is 4.98 Å². The molecule has 0 bridgehead atoms. The maximum atomic E-state index is 12.8. The number of nitrogens with zero attached hydrogens (tertiary/aromatic N) is 1. The Morgan fingerprint density at radius 2 is 2.00 bits per heavy atom. The number of hydrogen-bond donors (Lipinski definition) is 1. The smallest absolute Gasteiger partial charge is 0.398 e. The maximum absolute atomic E-state index is 12.8. The molecule has 2 nitrogen and oxygen atoms in total. The van der Waals surface area contributed by atoms with E-state index < -0.39 is 11.7 Å². The lowest BCUT2D eigenvalue weighted by Gasteiger charge is -2.13. The van der Waals surface area contributed by atoms with Crippen molar-refractivity contribution in [2.75, 3.05) is 5.73 Å². The molecule has 0 spiro atoms. The van der Waals surface area contributed by atoms with E-state index in [1.54, 1.807) is 0 Å². The highest BCUT2D eigenvalue weighted by molar-refractivity contribution is 7.18. The number of benzene rings is 1. The molecule has 1 aromatic carbocycles. The lowest BCUT2D eigenvalue weighted by atomic mass is 10.0. The van der Waals surface area contributed by atoms with Crippen LogP contribution >= 0.6 is 22.9 Å². The molecule has 1 aromatic heterocycles. The van der Waals surface area contributed by atoms with Gasteiger partial charge in [-0.25, -0.2) is 4.98 Å². The summed E-state index contributed by atoms with van der Waals surface area (Å²) in [7, 11) is 0. The third kappa shape index (κ3) is 2.44. The summed E-state index contributed by atoms with van der Waals surface area (Å²) in [5.74, 6) is 0. The van der Waals surface area contributed by atoms with Gasteiger partial charge in [0.15, 0.2) is 4.47 Å². The first-order valence-electron chi connectivity index (χ1n) is 4.88. The van der Waals surface area contributed by atoms with E-state index in [9.17, 15) is 13.2 Å². The summed E-state index contributed by atoms with van der Waals surface area (Å²) in [5.41, 5.74) is 5.38. The van der Waals surface area contributed by atoms with Gasteiger partial charge in [-0.3, -0.25) is 0 Å². The van der Waals surface area contributed by atoms with Crippen LogP contribution in [0.4, 0.5) is 18.9 Å². The summed E-state index contributed by atoms with van der Waals surface area (Å²) < 4.78 is 38.8. The van der Waals surface area contributed by atoms with Crippen LogP contribution < -0.4 is 5.73 Å². The van der Waals surface area contributed by atoms with Gasteiger partial charge < -0.3 is 5.73 Å². The van der Waals surface area contributed by atoms with Crippen LogP contribution in [0.2, 0.25) is 4.47 Å². The maximum Gasteiger partial charge on any atom is 0.416 e. The fraction of sp³-hybridized carbons (Fsp3) is 0.182. The van der Waals surface area contributed by atoms with Gasteiger partial charge in [-0.1, -0.05) is 11.6 Å². The van der Waals surface area contributed by atoms with Crippen molar-refractivity contribution >= 4 is 28.6 Å². The summed E-state index contributed by atoms with van der Waals surface area (Å²) >= 11 is 6.77. The van der Waals surface area contributed by atoms with Crippen molar-refractivity contribution in [2.45, 2.75) is 13.1 Å². The molecule has 7 heteroatoms. The molecule has 0 atom stereocenters. The Hall–Kier alpha value is -1.27. The number of hydrogen-bond acceptors (Lipinski definition) is 3. The normalized spacial score (nSPS) is 11.8. The highest BCUT2D eigenvalue weighted by Gasteiger charge is 2.33. The van der Waals surface area contributed by atoms with E-state index in [1.807, 2.05) is 0 Å². The van der Waals surface area contributed by atoms with Crippen LogP contribution in [0.25, 0.3) is 10.4 Å². The molecule has 18 heavy (non-hydrogen) atoms. The van der Waals surface area contributed by atoms with Crippen molar-refractivity contribution in [1.82, 2.24) is 4.98 Å². The van der Waals surface area contributed by atoms with Gasteiger partial charge in [0.2, 0.25) is 0 Å². The van der Waals surface area contributed by atoms with Gasteiger partial charge in [0.05, 0.1) is 10.4 Å². The average Bonchev–Trinajstić information content (AvgIpc) is 2.67. The summed E-state index contributed by atoms with van der Waals surface area (Å²) in [5, 5.41) is 0. The van der Waals surface area contributed by atoms with Gasteiger partial charge in [-0.2, -0.15) is 13.2 Å². The summed E-state index contributed by atoms with van der Waals surface area (Å²) in [6.45, 7) is 1.35. The van der Waals surface area contributed by atoms with Crippen LogP contribution in [0, 0.1) is 6.92 Å². The second-order valence-electron chi connectivity index (χ2n) is 3.71. The van der Waals surface area contributed by atoms with Crippen LogP contribution in [-0.2, 0) is 6.18 Å². The Bertz CT molecular complexity index is 592. The Balaban J connectivity index is 2.61. The number of alkyl halides is 3. The van der Waals surface area contributed by atoms with Crippen molar-refractivity contribution in [1.29, 1.82) is 0 Å². The first-order chi connectivity index (χ1) is 8.29. The fourth-order valence-electron chi connectivity index (χ4n) is 1.56. The van der Waals surface area contributed by atoms with E-state index >= 15 is 0 Å². The predicted octanol–water partition coefficient (Wildman–Crippen LogP) is 4.37. The Kier molecular flexibility index (Phi) is 3.25. The van der Waals surface area contributed by atoms with E-state index in [0.717, 1.165) is 17.4 Å². The van der Waals surface area contributed by atoms with Crippen molar-refractivity contribution in [3.63, 3.8) is 0 Å². The molecule has 0 amide bonds. The quantitative estimate of drug-likeness (QED) is 0.793. The van der Waals surface area contributed by atoms with Gasteiger partial charge in [0.1, 0.15) is 0 Å². The molecule has 0 fully saturated rings. The number of thiazole rings is 1. The minimum absolute atomic E-state index is 0.0295. The zero-order valence-electron chi connectivity index (χ0n) is 9.18. The summed E-state index contributed by atoms with van der Waals surface area (Å²) in [4.78, 5) is 4.35. The van der Waals surface area contributed by atoms with Gasteiger partial charge in [0, 0.05) is 11.9 Å². The topological polar surface area (TPSA) is 38.9 Å². The first kappa shape index (κ1) is 13.2. The Labute approximate surface area is 110 Å². The molecule has 2 rings (SSSR count). The molecule has 0 radical (unpaired) electrons. The largest absolute Gasteiger partial charge is 0.416 e. The molecule has 96 valence electrons. The first-order valence-corrected chi connectivity index (χ1v) is 6.07. The number of halogens is 4. The molecule has 0 aliphatic carbocycles. The van der Waals surface area contributed by atoms with Gasteiger partial charge in [-0.05, 0) is 30.2 Å². The van der Waals surface area contributed by atoms with E-state index in [0.29, 0.717) is 10.4 Å². The molecule has 0 aliphatic rings. The molecule has 0 unspecified atom stereocenters. The van der Waals surface area contributed by atoms with Crippen LogP contribution in [0.1, 0.15) is 11.1 Å². The molecule has 0 aliphatic heterocycles. The second-order valence-corrected chi connectivity index (χ2v) is 5.33. The van der Waals surface area contributed by atoms with Crippen LogP contribution in [-0.4, -0.2) is 4.98 Å². The molecule has 1 heterocycles. The van der Waals surface area contributed by atoms with Crippen molar-refractivity contribution in [2.24, 2.45) is 0 Å². The minimum Gasteiger partial charge on any atom is -0.398 e. The number of nitrogen functional groups attached to an aromatic ring is 1. The molecule has 0 saturated carbocycles. The van der Waals surface area contributed by atoms with Crippen molar-refractivity contribution in [3.8, 4) is 10.4 Å². The van der Waals surface area contributed by atoms with Gasteiger partial charge in [-0.15, -0.1) is 11.3 Å². The monoisotopic (exact) mass is 292 g/mol. The molecule has 2 N–H and O–H groups in total. The van der Waals surface area contributed by atoms with Crippen molar-refractivity contribution < 1.29 is 13.2 Å². The second kappa shape index (κ2) is 4.44. The Morgan fingerprint density at radius 1 is 1.33 bits per heavy atom. The highest BCUT2D eigenvalue weighted by Crippen LogP contribution is 2.38. The third-order valence-corrected chi connectivity index (χ3v) is 3.68. The summed E-state index contributed by atoms with van der Waals surface area (Å²) in [6.07, 6.45) is -3.00. The Morgan fingerprint density at radius 3 is 2.50 bits per heavy atom. The lowest BCUT2D eigenvalue weighted by molar-refractivity contribution is -0.137. The molecule has 0 saturated heterocycles. The predicted molar refractivity (Wildman–Crippen MR) is 66.7 cm³/mol.